The van der Waals surface area contributed by atoms with Crippen LogP contribution < -0.4 is 4.72 Å². The molecular formula is C18H24N2O5S. The van der Waals surface area contributed by atoms with Crippen LogP contribution in [0.15, 0.2) is 29.2 Å². The van der Waals surface area contributed by atoms with Gasteiger partial charge >= 0.3 is 5.97 Å². The molecule has 2 aliphatic rings. The molecule has 0 radical (unpaired) electrons. The predicted octanol–water partition coefficient (Wildman–Crippen LogP) is 1.99. The highest BCUT2D eigenvalue weighted by Crippen LogP contribution is 2.24. The normalized spacial score (nSPS) is 21.2. The summed E-state index contributed by atoms with van der Waals surface area (Å²) in [5, 5.41) is 9.00. The number of carbonyl (C=O) groups is 2. The van der Waals surface area contributed by atoms with Crippen LogP contribution in [-0.2, 0) is 14.8 Å². The zero-order valence-electron chi connectivity index (χ0n) is 14.6. The first kappa shape index (κ1) is 18.8. The van der Waals surface area contributed by atoms with E-state index in [1.807, 2.05) is 0 Å². The number of nitrogens with one attached hydrogen (secondary N) is 1. The van der Waals surface area contributed by atoms with E-state index in [-0.39, 0.29) is 34.9 Å². The second-order valence-corrected chi connectivity index (χ2v) is 8.74. The Labute approximate surface area is 153 Å². The lowest BCUT2D eigenvalue weighted by Crippen LogP contribution is -2.37. The molecule has 8 heteroatoms. The number of benzene rings is 1. The Morgan fingerprint density at radius 3 is 2.58 bits per heavy atom. The van der Waals surface area contributed by atoms with Crippen molar-refractivity contribution in [3.05, 3.63) is 29.8 Å². The third-order valence-electron chi connectivity index (χ3n) is 5.12. The lowest BCUT2D eigenvalue weighted by atomic mass is 10.1. The second-order valence-electron chi connectivity index (χ2n) is 7.02. The van der Waals surface area contributed by atoms with Gasteiger partial charge in [-0.25, -0.2) is 13.1 Å². The predicted molar refractivity (Wildman–Crippen MR) is 95.3 cm³/mol. The maximum atomic E-state index is 12.8. The third-order valence-corrected chi connectivity index (χ3v) is 6.63. The van der Waals surface area contributed by atoms with Crippen molar-refractivity contribution in [3.63, 3.8) is 0 Å². The van der Waals surface area contributed by atoms with Gasteiger partial charge in [0.05, 0.1) is 11.3 Å². The molecule has 1 saturated carbocycles. The van der Waals surface area contributed by atoms with Crippen LogP contribution in [0.2, 0.25) is 0 Å². The van der Waals surface area contributed by atoms with Crippen LogP contribution in [0, 0.1) is 0 Å². The molecule has 142 valence electrons. The minimum Gasteiger partial charge on any atom is -0.481 e. The molecule has 0 spiro atoms. The number of amides is 1. The van der Waals surface area contributed by atoms with Crippen molar-refractivity contribution >= 4 is 21.9 Å². The van der Waals surface area contributed by atoms with E-state index in [0.29, 0.717) is 13.0 Å². The highest BCUT2D eigenvalue weighted by molar-refractivity contribution is 7.89. The summed E-state index contributed by atoms with van der Waals surface area (Å²) in [4.78, 5) is 25.4. The van der Waals surface area contributed by atoms with Crippen molar-refractivity contribution in [2.45, 2.75) is 61.9 Å². The fraction of sp³-hybridized carbons (Fsp3) is 0.556. The van der Waals surface area contributed by atoms with Crippen molar-refractivity contribution in [2.75, 3.05) is 6.54 Å². The molecule has 1 aromatic carbocycles. The van der Waals surface area contributed by atoms with Crippen molar-refractivity contribution < 1.29 is 23.1 Å². The Kier molecular flexibility index (Phi) is 5.62. The monoisotopic (exact) mass is 380 g/mol. The first-order valence-electron chi connectivity index (χ1n) is 9.02. The maximum absolute atomic E-state index is 12.8. The molecule has 1 heterocycles. The SMILES string of the molecule is O=C(O)CC1CCCN1C(=O)c1cccc(S(=O)(=O)NC2CCCC2)c1. The van der Waals surface area contributed by atoms with Crippen molar-refractivity contribution in [1.29, 1.82) is 0 Å². The fourth-order valence-corrected chi connectivity index (χ4v) is 5.16. The summed E-state index contributed by atoms with van der Waals surface area (Å²) in [7, 11) is -3.67. The van der Waals surface area contributed by atoms with Gasteiger partial charge in [-0.15, -0.1) is 0 Å². The van der Waals surface area contributed by atoms with Gasteiger partial charge in [0.15, 0.2) is 0 Å². The summed E-state index contributed by atoms with van der Waals surface area (Å²) in [5.74, 6) is -1.25. The average molecular weight is 380 g/mol. The minimum absolute atomic E-state index is 0.0436. The Hall–Kier alpha value is -1.93. The number of rotatable bonds is 6. The Morgan fingerprint density at radius 2 is 1.88 bits per heavy atom. The summed E-state index contributed by atoms with van der Waals surface area (Å²) in [6.45, 7) is 0.494. The van der Waals surface area contributed by atoms with Gasteiger partial charge in [0.1, 0.15) is 0 Å². The highest BCUT2D eigenvalue weighted by Gasteiger charge is 2.31. The summed E-state index contributed by atoms with van der Waals surface area (Å²) in [5.41, 5.74) is 0.275. The molecule has 1 aliphatic heterocycles. The molecule has 1 unspecified atom stereocenters. The molecule has 26 heavy (non-hydrogen) atoms. The molecule has 1 aliphatic carbocycles. The lowest BCUT2D eigenvalue weighted by molar-refractivity contribution is -0.137. The molecular weight excluding hydrogens is 356 g/mol. The summed E-state index contributed by atoms with van der Waals surface area (Å²) in [6.07, 6.45) is 5.03. The van der Waals surface area contributed by atoms with Crippen LogP contribution in [0.4, 0.5) is 0 Å². The molecule has 1 aromatic rings. The molecule has 2 N–H and O–H groups in total. The first-order chi connectivity index (χ1) is 12.4. The number of hydrogen-bond donors (Lipinski definition) is 2. The minimum atomic E-state index is -3.67. The molecule has 0 bridgehead atoms. The first-order valence-corrected chi connectivity index (χ1v) is 10.5. The van der Waals surface area contributed by atoms with Crippen LogP contribution in [0.1, 0.15) is 55.3 Å². The Morgan fingerprint density at radius 1 is 1.15 bits per heavy atom. The molecule has 1 amide bonds. The van der Waals surface area contributed by atoms with Crippen molar-refractivity contribution in [1.82, 2.24) is 9.62 Å². The number of aliphatic carboxylic acids is 1. The van der Waals surface area contributed by atoms with Crippen LogP contribution in [0.3, 0.4) is 0 Å². The molecule has 2 fully saturated rings. The highest BCUT2D eigenvalue weighted by atomic mass is 32.2. The van der Waals surface area contributed by atoms with Gasteiger partial charge in [-0.2, -0.15) is 0 Å². The van der Waals surface area contributed by atoms with E-state index < -0.39 is 16.0 Å². The quantitative estimate of drug-likeness (QED) is 0.785. The van der Waals surface area contributed by atoms with Crippen LogP contribution in [-0.4, -0.2) is 48.9 Å². The summed E-state index contributed by atoms with van der Waals surface area (Å²) in [6, 6.07) is 5.61. The zero-order valence-corrected chi connectivity index (χ0v) is 15.4. The van der Waals surface area contributed by atoms with Crippen LogP contribution in [0.5, 0.6) is 0 Å². The smallest absolute Gasteiger partial charge is 0.305 e. The molecule has 1 atom stereocenters. The molecule has 0 aromatic heterocycles. The van der Waals surface area contributed by atoms with Gasteiger partial charge in [0.2, 0.25) is 10.0 Å². The number of likely N-dealkylation sites (tertiary alicyclic amines) is 1. The summed E-state index contributed by atoms with van der Waals surface area (Å²) < 4.78 is 27.9. The molecule has 3 rings (SSSR count). The van der Waals surface area contributed by atoms with E-state index in [9.17, 15) is 18.0 Å². The van der Waals surface area contributed by atoms with Gasteiger partial charge in [-0.1, -0.05) is 18.9 Å². The van der Waals surface area contributed by atoms with E-state index in [0.717, 1.165) is 32.1 Å². The third kappa shape index (κ3) is 4.24. The van der Waals surface area contributed by atoms with Gasteiger partial charge in [-0.05, 0) is 43.9 Å². The fourth-order valence-electron chi connectivity index (χ4n) is 3.81. The van der Waals surface area contributed by atoms with E-state index >= 15 is 0 Å². The van der Waals surface area contributed by atoms with Gasteiger partial charge < -0.3 is 10.0 Å². The number of carboxylic acids is 1. The zero-order chi connectivity index (χ0) is 18.7. The van der Waals surface area contributed by atoms with Crippen molar-refractivity contribution in [2.24, 2.45) is 0 Å². The molecule has 1 saturated heterocycles. The van der Waals surface area contributed by atoms with Gasteiger partial charge in [0.25, 0.3) is 5.91 Å². The largest absolute Gasteiger partial charge is 0.481 e. The van der Waals surface area contributed by atoms with E-state index in [2.05, 4.69) is 4.72 Å². The number of hydrogen-bond acceptors (Lipinski definition) is 4. The number of sulfonamides is 1. The second kappa shape index (κ2) is 7.75. The van der Waals surface area contributed by atoms with Crippen molar-refractivity contribution in [3.8, 4) is 0 Å². The van der Waals surface area contributed by atoms with Crippen LogP contribution >= 0.6 is 0 Å². The Balaban J connectivity index is 1.78. The maximum Gasteiger partial charge on any atom is 0.305 e. The van der Waals surface area contributed by atoms with Crippen LogP contribution in [0.25, 0.3) is 0 Å². The van der Waals surface area contributed by atoms with Gasteiger partial charge in [0, 0.05) is 24.2 Å². The van der Waals surface area contributed by atoms with Gasteiger partial charge in [-0.3, -0.25) is 9.59 Å². The lowest BCUT2D eigenvalue weighted by Gasteiger charge is -2.23. The van der Waals surface area contributed by atoms with E-state index in [1.165, 1.54) is 12.1 Å². The summed E-state index contributed by atoms with van der Waals surface area (Å²) >= 11 is 0. The topological polar surface area (TPSA) is 104 Å². The number of carboxylic acid groups (broad SMARTS) is 1. The standard InChI is InChI=1S/C18H24N2O5S/c21-17(22)12-15-8-4-10-20(15)18(23)13-5-3-9-16(11-13)26(24,25)19-14-6-1-2-7-14/h3,5,9,11,14-15,19H,1-2,4,6-8,10,12H2,(H,21,22). The van der Waals surface area contributed by atoms with E-state index in [1.54, 1.807) is 17.0 Å². The average Bonchev–Trinajstić information content (AvgIpc) is 3.25. The molecule has 7 nitrogen and oxygen atoms in total. The Bertz CT molecular complexity index is 787. The number of nitrogens with zero attached hydrogens (tertiary/aromatic N) is 1. The number of carbonyl (C=O) groups excluding carboxylic acids is 1. The van der Waals surface area contributed by atoms with E-state index in [4.69, 9.17) is 5.11 Å².